The second-order valence-corrected chi connectivity index (χ2v) is 5.62. The van der Waals surface area contributed by atoms with Crippen LogP contribution in [-0.2, 0) is 9.59 Å². The molecule has 0 fully saturated rings. The number of carbonyl (C=O) groups is 2. The maximum atomic E-state index is 12.3. The topological polar surface area (TPSA) is 89.9 Å². The summed E-state index contributed by atoms with van der Waals surface area (Å²) in [6.07, 6.45) is 0. The predicted molar refractivity (Wildman–Crippen MR) is 86.2 cm³/mol. The Hall–Kier alpha value is -1.89. The molecule has 0 radical (unpaired) electrons. The van der Waals surface area contributed by atoms with Crippen molar-refractivity contribution >= 4 is 23.3 Å². The van der Waals surface area contributed by atoms with Gasteiger partial charge < -0.3 is 20.4 Å². The van der Waals surface area contributed by atoms with Gasteiger partial charge in [0.15, 0.2) is 11.5 Å². The van der Waals surface area contributed by atoms with Gasteiger partial charge in [0.25, 0.3) is 5.91 Å². The van der Waals surface area contributed by atoms with Crippen molar-refractivity contribution in [2.45, 2.75) is 13.0 Å². The fraction of sp³-hybridized carbons (Fsp3) is 0.375. The number of aliphatic hydroxyl groups is 2. The highest BCUT2D eigenvalue weighted by Crippen LogP contribution is 2.39. The van der Waals surface area contributed by atoms with Gasteiger partial charge in [0.1, 0.15) is 0 Å². The summed E-state index contributed by atoms with van der Waals surface area (Å²) >= 11 is 6.22. The van der Waals surface area contributed by atoms with Crippen molar-refractivity contribution in [1.29, 1.82) is 0 Å². The Balaban J connectivity index is 2.35. The Morgan fingerprint density at radius 2 is 2.04 bits per heavy atom. The Labute approximate surface area is 139 Å². The second kappa shape index (κ2) is 7.59. The van der Waals surface area contributed by atoms with Crippen LogP contribution in [0.1, 0.15) is 18.5 Å². The van der Waals surface area contributed by atoms with E-state index >= 15 is 0 Å². The smallest absolute Gasteiger partial charge is 0.290 e. The Kier molecular flexibility index (Phi) is 5.76. The van der Waals surface area contributed by atoms with Crippen LogP contribution in [0.4, 0.5) is 0 Å². The zero-order valence-corrected chi connectivity index (χ0v) is 13.5. The van der Waals surface area contributed by atoms with Crippen molar-refractivity contribution in [2.75, 3.05) is 26.2 Å². The predicted octanol–water partition coefficient (Wildman–Crippen LogP) is 1.21. The molecule has 1 aromatic carbocycles. The van der Waals surface area contributed by atoms with Crippen molar-refractivity contribution in [3.05, 3.63) is 46.2 Å². The number of ketones is 1. The molecule has 1 heterocycles. The van der Waals surface area contributed by atoms with Crippen LogP contribution in [0, 0.1) is 0 Å². The molecule has 23 heavy (non-hydrogen) atoms. The maximum absolute atomic E-state index is 12.3. The van der Waals surface area contributed by atoms with Crippen LogP contribution in [0.15, 0.2) is 35.6 Å². The lowest BCUT2D eigenvalue weighted by atomic mass is 9.97. The molecule has 2 rings (SSSR count). The summed E-state index contributed by atoms with van der Waals surface area (Å²) < 4.78 is 0. The van der Waals surface area contributed by atoms with E-state index in [2.05, 4.69) is 5.32 Å². The molecule has 0 aromatic heterocycles. The lowest BCUT2D eigenvalue weighted by Gasteiger charge is -2.27. The van der Waals surface area contributed by atoms with Crippen molar-refractivity contribution in [1.82, 2.24) is 10.2 Å². The fourth-order valence-corrected chi connectivity index (χ4v) is 2.91. The highest BCUT2D eigenvalue weighted by atomic mass is 35.5. The number of benzene rings is 1. The molecule has 0 bridgehead atoms. The molecule has 1 amide bonds. The van der Waals surface area contributed by atoms with Gasteiger partial charge in [0.2, 0.25) is 0 Å². The van der Waals surface area contributed by atoms with E-state index in [0.29, 0.717) is 23.7 Å². The molecular formula is C16H19ClN2O4. The maximum Gasteiger partial charge on any atom is 0.290 e. The summed E-state index contributed by atoms with van der Waals surface area (Å²) in [5, 5.41) is 22.3. The molecule has 0 unspecified atom stereocenters. The average Bonchev–Trinajstić information content (AvgIpc) is 2.76. The number of amides is 1. The third-order valence-electron chi connectivity index (χ3n) is 3.70. The molecule has 0 spiro atoms. The van der Waals surface area contributed by atoms with Crippen LogP contribution < -0.4 is 5.32 Å². The molecule has 3 N–H and O–H groups in total. The molecule has 0 saturated heterocycles. The van der Waals surface area contributed by atoms with E-state index < -0.39 is 17.7 Å². The molecule has 1 aliphatic rings. The summed E-state index contributed by atoms with van der Waals surface area (Å²) in [5.74, 6) is -1.48. The standard InChI is InChI=1S/C16H19ClN2O4/c1-10(21)13-14(11-4-2-3-5-12(11)17)19(16(23)15(13)22)8-6-18-7-9-20/h2-5,14,18,20,22H,6-9H2,1H3/t14-/m1/s1. The summed E-state index contributed by atoms with van der Waals surface area (Å²) in [6, 6.07) is 6.23. The van der Waals surface area contributed by atoms with Gasteiger partial charge in [-0.1, -0.05) is 29.8 Å². The molecule has 1 aromatic rings. The Morgan fingerprint density at radius 1 is 1.35 bits per heavy atom. The van der Waals surface area contributed by atoms with Gasteiger partial charge in [-0.2, -0.15) is 0 Å². The highest BCUT2D eigenvalue weighted by molar-refractivity contribution is 6.31. The quantitative estimate of drug-likeness (QED) is 0.650. The van der Waals surface area contributed by atoms with Crippen molar-refractivity contribution in [3.8, 4) is 0 Å². The fourth-order valence-electron chi connectivity index (χ4n) is 2.67. The molecule has 1 atom stereocenters. The molecular weight excluding hydrogens is 320 g/mol. The largest absolute Gasteiger partial charge is 0.503 e. The van der Waals surface area contributed by atoms with Gasteiger partial charge >= 0.3 is 0 Å². The van der Waals surface area contributed by atoms with Gasteiger partial charge in [-0.3, -0.25) is 9.59 Å². The first-order valence-corrected chi connectivity index (χ1v) is 7.67. The minimum Gasteiger partial charge on any atom is -0.503 e. The van der Waals surface area contributed by atoms with E-state index in [4.69, 9.17) is 16.7 Å². The number of rotatable bonds is 7. The number of nitrogens with zero attached hydrogens (tertiary/aromatic N) is 1. The number of carbonyl (C=O) groups excluding carboxylic acids is 2. The Bertz CT molecular complexity index is 645. The second-order valence-electron chi connectivity index (χ2n) is 5.21. The van der Waals surface area contributed by atoms with Crippen LogP contribution in [0.5, 0.6) is 0 Å². The molecule has 0 aliphatic carbocycles. The third-order valence-corrected chi connectivity index (χ3v) is 4.05. The zero-order chi connectivity index (χ0) is 17.0. The molecule has 0 saturated carbocycles. The van der Waals surface area contributed by atoms with E-state index in [9.17, 15) is 14.7 Å². The van der Waals surface area contributed by atoms with E-state index in [1.807, 2.05) is 0 Å². The molecule has 6 nitrogen and oxygen atoms in total. The minimum absolute atomic E-state index is 0.00984. The molecule has 7 heteroatoms. The van der Waals surface area contributed by atoms with Crippen molar-refractivity contribution in [3.63, 3.8) is 0 Å². The highest BCUT2D eigenvalue weighted by Gasteiger charge is 2.42. The lowest BCUT2D eigenvalue weighted by molar-refractivity contribution is -0.129. The van der Waals surface area contributed by atoms with Crippen molar-refractivity contribution in [2.24, 2.45) is 0 Å². The van der Waals surface area contributed by atoms with Gasteiger partial charge in [0.05, 0.1) is 18.2 Å². The summed E-state index contributed by atoms with van der Waals surface area (Å²) in [4.78, 5) is 25.7. The number of Topliss-reactive ketones (excluding diaryl/α,β-unsaturated/α-hetero) is 1. The molecule has 1 aliphatic heterocycles. The SMILES string of the molecule is CC(=O)C1=C(O)C(=O)N(CCNCCO)[C@@H]1c1ccccc1Cl. The van der Waals surface area contributed by atoms with Gasteiger partial charge in [-0.25, -0.2) is 0 Å². The number of nitrogens with one attached hydrogen (secondary N) is 1. The van der Waals surface area contributed by atoms with Gasteiger partial charge in [-0.05, 0) is 18.6 Å². The summed E-state index contributed by atoms with van der Waals surface area (Å²) in [6.45, 7) is 2.40. The van der Waals surface area contributed by atoms with Crippen molar-refractivity contribution < 1.29 is 19.8 Å². The third kappa shape index (κ3) is 3.55. The van der Waals surface area contributed by atoms with E-state index in [0.717, 1.165) is 0 Å². The van der Waals surface area contributed by atoms with Crippen LogP contribution in [-0.4, -0.2) is 53.0 Å². The summed E-state index contributed by atoms with van der Waals surface area (Å²) in [7, 11) is 0. The number of halogens is 1. The summed E-state index contributed by atoms with van der Waals surface area (Å²) in [5.41, 5.74) is 0.657. The minimum atomic E-state index is -0.704. The first kappa shape index (κ1) is 17.5. The van der Waals surface area contributed by atoms with Crippen LogP contribution >= 0.6 is 11.6 Å². The number of aliphatic hydroxyl groups excluding tert-OH is 2. The van der Waals surface area contributed by atoms with E-state index in [1.165, 1.54) is 11.8 Å². The first-order valence-electron chi connectivity index (χ1n) is 7.30. The zero-order valence-electron chi connectivity index (χ0n) is 12.8. The van der Waals surface area contributed by atoms with Crippen LogP contribution in [0.2, 0.25) is 5.02 Å². The normalized spacial score (nSPS) is 18.0. The Morgan fingerprint density at radius 3 is 2.65 bits per heavy atom. The molecule has 124 valence electrons. The average molecular weight is 339 g/mol. The van der Waals surface area contributed by atoms with Crippen LogP contribution in [0.3, 0.4) is 0 Å². The van der Waals surface area contributed by atoms with Gasteiger partial charge in [-0.15, -0.1) is 0 Å². The lowest BCUT2D eigenvalue weighted by Crippen LogP contribution is -2.37. The number of hydrogen-bond donors (Lipinski definition) is 3. The van der Waals surface area contributed by atoms with E-state index in [-0.39, 0.29) is 24.5 Å². The number of hydrogen-bond acceptors (Lipinski definition) is 5. The van der Waals surface area contributed by atoms with Gasteiger partial charge in [0, 0.05) is 24.7 Å². The monoisotopic (exact) mass is 338 g/mol. The first-order chi connectivity index (χ1) is 11.0. The van der Waals surface area contributed by atoms with E-state index in [1.54, 1.807) is 24.3 Å². The van der Waals surface area contributed by atoms with Crippen LogP contribution in [0.25, 0.3) is 0 Å².